The highest BCUT2D eigenvalue weighted by atomic mass is 79.9. The van der Waals surface area contributed by atoms with E-state index >= 15 is 0 Å². The maximum Gasteiger partial charge on any atom is 0.257 e. The Labute approximate surface area is 126 Å². The number of nitrogens with one attached hydrogen (secondary N) is 1. The van der Waals surface area contributed by atoms with Crippen LogP contribution < -0.4 is 15.8 Å². The molecule has 104 valence electrons. The van der Waals surface area contributed by atoms with E-state index in [9.17, 15) is 4.79 Å². The van der Waals surface area contributed by atoms with Crippen LogP contribution in [0.15, 0.2) is 40.9 Å². The Morgan fingerprint density at radius 1 is 1.25 bits per heavy atom. The zero-order chi connectivity index (χ0) is 14.7. The number of amides is 1. The minimum absolute atomic E-state index is 0.244. The molecule has 1 amide bonds. The van der Waals surface area contributed by atoms with E-state index in [4.69, 9.17) is 10.5 Å². The Kier molecular flexibility index (Phi) is 4.29. The molecule has 2 aromatic carbocycles. The SMILES string of the molecule is COc1ccc(Br)c(C(=O)Nc2ccc(C)cc2N)c1. The lowest BCUT2D eigenvalue weighted by molar-refractivity contribution is 0.102. The highest BCUT2D eigenvalue weighted by molar-refractivity contribution is 9.10. The van der Waals surface area contributed by atoms with Gasteiger partial charge in [0.2, 0.25) is 0 Å². The quantitative estimate of drug-likeness (QED) is 0.843. The third-order valence-corrected chi connectivity index (χ3v) is 3.56. The molecule has 0 atom stereocenters. The molecule has 0 saturated heterocycles. The Balaban J connectivity index is 2.28. The van der Waals surface area contributed by atoms with Gasteiger partial charge in [0.1, 0.15) is 5.75 Å². The van der Waals surface area contributed by atoms with Crippen molar-refractivity contribution in [3.8, 4) is 5.75 Å². The van der Waals surface area contributed by atoms with Gasteiger partial charge < -0.3 is 15.8 Å². The molecule has 2 aromatic rings. The minimum atomic E-state index is -0.244. The van der Waals surface area contributed by atoms with Gasteiger partial charge in [-0.1, -0.05) is 6.07 Å². The Hall–Kier alpha value is -2.01. The lowest BCUT2D eigenvalue weighted by Gasteiger charge is -2.11. The molecule has 0 radical (unpaired) electrons. The Morgan fingerprint density at radius 3 is 2.65 bits per heavy atom. The molecular formula is C15H15BrN2O2. The number of rotatable bonds is 3. The average molecular weight is 335 g/mol. The first-order valence-corrected chi connectivity index (χ1v) is 6.81. The zero-order valence-electron chi connectivity index (χ0n) is 11.2. The fraction of sp³-hybridized carbons (Fsp3) is 0.133. The van der Waals surface area contributed by atoms with Gasteiger partial charge in [-0.25, -0.2) is 0 Å². The molecule has 4 nitrogen and oxygen atoms in total. The van der Waals surface area contributed by atoms with Gasteiger partial charge in [-0.3, -0.25) is 4.79 Å². The summed E-state index contributed by atoms with van der Waals surface area (Å²) in [5.41, 5.74) is 8.56. The van der Waals surface area contributed by atoms with E-state index in [1.165, 1.54) is 0 Å². The lowest BCUT2D eigenvalue weighted by Crippen LogP contribution is -2.14. The predicted octanol–water partition coefficient (Wildman–Crippen LogP) is 3.60. The first-order chi connectivity index (χ1) is 9.51. The van der Waals surface area contributed by atoms with Crippen molar-refractivity contribution in [2.24, 2.45) is 0 Å². The largest absolute Gasteiger partial charge is 0.497 e. The average Bonchev–Trinajstić information content (AvgIpc) is 2.42. The van der Waals surface area contributed by atoms with Crippen molar-refractivity contribution < 1.29 is 9.53 Å². The van der Waals surface area contributed by atoms with Crippen LogP contribution in [-0.2, 0) is 0 Å². The summed E-state index contributed by atoms with van der Waals surface area (Å²) >= 11 is 3.36. The normalized spacial score (nSPS) is 10.2. The van der Waals surface area contributed by atoms with Crippen molar-refractivity contribution in [1.29, 1.82) is 0 Å². The van der Waals surface area contributed by atoms with Crippen LogP contribution in [0, 0.1) is 6.92 Å². The van der Waals surface area contributed by atoms with E-state index in [1.807, 2.05) is 19.1 Å². The maximum absolute atomic E-state index is 12.3. The molecule has 2 rings (SSSR count). The summed E-state index contributed by atoms with van der Waals surface area (Å²) in [6, 6.07) is 10.7. The van der Waals surface area contributed by atoms with Gasteiger partial charge in [0, 0.05) is 4.47 Å². The number of halogens is 1. The number of carbonyl (C=O) groups is 1. The number of nitrogen functional groups attached to an aromatic ring is 1. The highest BCUT2D eigenvalue weighted by Gasteiger charge is 2.12. The second kappa shape index (κ2) is 5.96. The summed E-state index contributed by atoms with van der Waals surface area (Å²) in [5.74, 6) is 0.376. The van der Waals surface area contributed by atoms with E-state index < -0.39 is 0 Å². The summed E-state index contributed by atoms with van der Waals surface area (Å²) in [6.45, 7) is 1.95. The second-order valence-electron chi connectivity index (χ2n) is 4.39. The fourth-order valence-corrected chi connectivity index (χ4v) is 2.22. The molecule has 0 aliphatic heterocycles. The first kappa shape index (κ1) is 14.4. The molecule has 0 heterocycles. The molecule has 0 aliphatic rings. The van der Waals surface area contributed by atoms with Crippen LogP contribution in [0.1, 0.15) is 15.9 Å². The lowest BCUT2D eigenvalue weighted by atomic mass is 10.1. The number of hydrogen-bond acceptors (Lipinski definition) is 3. The predicted molar refractivity (Wildman–Crippen MR) is 84.2 cm³/mol. The number of ether oxygens (including phenoxy) is 1. The van der Waals surface area contributed by atoms with Gasteiger partial charge in [0.15, 0.2) is 0 Å². The molecule has 5 heteroatoms. The van der Waals surface area contributed by atoms with Crippen LogP contribution >= 0.6 is 15.9 Å². The van der Waals surface area contributed by atoms with Gasteiger partial charge in [0.05, 0.1) is 24.0 Å². The molecule has 0 saturated carbocycles. The smallest absolute Gasteiger partial charge is 0.257 e. The van der Waals surface area contributed by atoms with E-state index in [1.54, 1.807) is 31.4 Å². The molecule has 0 aliphatic carbocycles. The number of benzene rings is 2. The van der Waals surface area contributed by atoms with Crippen LogP contribution in [-0.4, -0.2) is 13.0 Å². The number of anilines is 2. The Morgan fingerprint density at radius 2 is 2.00 bits per heavy atom. The number of hydrogen-bond donors (Lipinski definition) is 2. The third-order valence-electron chi connectivity index (χ3n) is 2.87. The van der Waals surface area contributed by atoms with Crippen LogP contribution in [0.4, 0.5) is 11.4 Å². The van der Waals surface area contributed by atoms with E-state index in [0.717, 1.165) is 5.56 Å². The number of methoxy groups -OCH3 is 1. The van der Waals surface area contributed by atoms with Crippen LogP contribution in [0.2, 0.25) is 0 Å². The zero-order valence-corrected chi connectivity index (χ0v) is 12.8. The van der Waals surface area contributed by atoms with Gasteiger partial charge in [0.25, 0.3) is 5.91 Å². The second-order valence-corrected chi connectivity index (χ2v) is 5.24. The van der Waals surface area contributed by atoms with Gasteiger partial charge in [-0.05, 0) is 58.7 Å². The summed E-state index contributed by atoms with van der Waals surface area (Å²) < 4.78 is 5.82. The van der Waals surface area contributed by atoms with Crippen molar-refractivity contribution in [1.82, 2.24) is 0 Å². The first-order valence-electron chi connectivity index (χ1n) is 6.02. The number of aryl methyl sites for hydroxylation is 1. The van der Waals surface area contributed by atoms with E-state index in [-0.39, 0.29) is 5.91 Å². The molecule has 0 fully saturated rings. The van der Waals surface area contributed by atoms with E-state index in [2.05, 4.69) is 21.2 Å². The molecule has 0 bridgehead atoms. The van der Waals surface area contributed by atoms with Gasteiger partial charge >= 0.3 is 0 Å². The topological polar surface area (TPSA) is 64.3 Å². The number of nitrogens with two attached hydrogens (primary N) is 1. The molecule has 0 spiro atoms. The van der Waals surface area contributed by atoms with Crippen molar-refractivity contribution in [3.05, 3.63) is 52.0 Å². The monoisotopic (exact) mass is 334 g/mol. The molecule has 0 unspecified atom stereocenters. The van der Waals surface area contributed by atoms with Crippen molar-refractivity contribution in [2.45, 2.75) is 6.92 Å². The summed E-state index contributed by atoms with van der Waals surface area (Å²) in [7, 11) is 1.56. The number of carbonyl (C=O) groups excluding carboxylic acids is 1. The van der Waals surface area contributed by atoms with Gasteiger partial charge in [-0.15, -0.1) is 0 Å². The van der Waals surface area contributed by atoms with Crippen LogP contribution in [0.25, 0.3) is 0 Å². The Bertz CT molecular complexity index is 656. The standard InChI is InChI=1S/C15H15BrN2O2/c1-9-3-6-14(13(17)7-9)18-15(19)11-8-10(20-2)4-5-12(11)16/h3-8H,17H2,1-2H3,(H,18,19). The molecular weight excluding hydrogens is 320 g/mol. The third kappa shape index (κ3) is 3.11. The van der Waals surface area contributed by atoms with Crippen molar-refractivity contribution in [2.75, 3.05) is 18.2 Å². The molecule has 20 heavy (non-hydrogen) atoms. The molecule has 0 aromatic heterocycles. The summed E-state index contributed by atoms with van der Waals surface area (Å²) in [4.78, 5) is 12.3. The van der Waals surface area contributed by atoms with E-state index in [0.29, 0.717) is 27.2 Å². The van der Waals surface area contributed by atoms with Crippen molar-refractivity contribution in [3.63, 3.8) is 0 Å². The highest BCUT2D eigenvalue weighted by Crippen LogP contribution is 2.25. The van der Waals surface area contributed by atoms with Crippen molar-refractivity contribution >= 4 is 33.2 Å². The minimum Gasteiger partial charge on any atom is -0.497 e. The summed E-state index contributed by atoms with van der Waals surface area (Å²) in [5, 5.41) is 2.80. The fourth-order valence-electron chi connectivity index (χ4n) is 1.79. The van der Waals surface area contributed by atoms with Crippen LogP contribution in [0.5, 0.6) is 5.75 Å². The molecule has 3 N–H and O–H groups in total. The van der Waals surface area contributed by atoms with Crippen LogP contribution in [0.3, 0.4) is 0 Å². The maximum atomic E-state index is 12.3. The van der Waals surface area contributed by atoms with Gasteiger partial charge in [-0.2, -0.15) is 0 Å². The summed E-state index contributed by atoms with van der Waals surface area (Å²) in [6.07, 6.45) is 0.